The summed E-state index contributed by atoms with van der Waals surface area (Å²) >= 11 is 1.67. The van der Waals surface area contributed by atoms with E-state index in [1.54, 1.807) is 11.9 Å². The Labute approximate surface area is 116 Å². The molecule has 2 aromatic carbocycles. The minimum absolute atomic E-state index is 1.04. The van der Waals surface area contributed by atoms with Crippen LogP contribution in [0.3, 0.4) is 0 Å². The van der Waals surface area contributed by atoms with Crippen LogP contribution in [-0.2, 0) is 0 Å². The molecule has 2 heterocycles. The molecule has 1 aliphatic rings. The van der Waals surface area contributed by atoms with Gasteiger partial charge in [0.2, 0.25) is 0 Å². The molecule has 0 bridgehead atoms. The third-order valence-corrected chi connectivity index (χ3v) is 4.33. The number of benzene rings is 2. The topological polar surface area (TPSA) is 24.9 Å². The second kappa shape index (κ2) is 4.00. The van der Waals surface area contributed by atoms with E-state index in [9.17, 15) is 0 Å². The van der Waals surface area contributed by atoms with Gasteiger partial charge in [-0.15, -0.1) is 0 Å². The van der Waals surface area contributed by atoms with Crippen LogP contribution in [0.1, 0.15) is 5.56 Å². The second-order valence-corrected chi connectivity index (χ2v) is 5.62. The quantitative estimate of drug-likeness (QED) is 0.599. The molecule has 0 saturated heterocycles. The van der Waals surface area contributed by atoms with Crippen LogP contribution in [0.25, 0.3) is 22.0 Å². The molecule has 19 heavy (non-hydrogen) atoms. The van der Waals surface area contributed by atoms with Crippen LogP contribution < -0.4 is 4.72 Å². The molecule has 0 saturated carbocycles. The van der Waals surface area contributed by atoms with Crippen LogP contribution in [0.2, 0.25) is 0 Å². The van der Waals surface area contributed by atoms with E-state index < -0.39 is 0 Å². The number of fused-ring (bicyclic) bond motifs is 5. The number of pyridine rings is 1. The molecule has 0 fully saturated rings. The molecule has 3 aromatic rings. The zero-order valence-corrected chi connectivity index (χ0v) is 11.3. The van der Waals surface area contributed by atoms with Crippen molar-refractivity contribution in [1.29, 1.82) is 0 Å². The van der Waals surface area contributed by atoms with Gasteiger partial charge in [0.25, 0.3) is 0 Å². The van der Waals surface area contributed by atoms with Gasteiger partial charge in [-0.25, -0.2) is 0 Å². The Morgan fingerprint density at radius 3 is 2.89 bits per heavy atom. The normalized spacial score (nSPS) is 12.7. The van der Waals surface area contributed by atoms with Gasteiger partial charge in [-0.05, 0) is 42.1 Å². The molecular weight excluding hydrogens is 252 g/mol. The third-order valence-electron chi connectivity index (χ3n) is 3.46. The Hall–Kier alpha value is -2.00. The minimum atomic E-state index is 1.04. The largest absolute Gasteiger partial charge is 0.323 e. The molecule has 0 aliphatic carbocycles. The highest BCUT2D eigenvalue weighted by Gasteiger charge is 2.18. The maximum atomic E-state index is 4.51. The molecule has 1 aromatic heterocycles. The average Bonchev–Trinajstić information content (AvgIpc) is 2.46. The van der Waals surface area contributed by atoms with Gasteiger partial charge in [-0.2, -0.15) is 0 Å². The molecular formula is C16H12N2S. The first-order valence-electron chi connectivity index (χ1n) is 6.24. The SMILES string of the molecule is Cc1ccc2c(c1)SNc1c-2ccc2cccnc12. The maximum absolute atomic E-state index is 4.51. The van der Waals surface area contributed by atoms with Crippen molar-refractivity contribution in [3.63, 3.8) is 0 Å². The highest BCUT2D eigenvalue weighted by molar-refractivity contribution is 8.00. The van der Waals surface area contributed by atoms with Gasteiger partial charge in [0.1, 0.15) is 0 Å². The van der Waals surface area contributed by atoms with Crippen molar-refractivity contribution in [3.05, 3.63) is 54.2 Å². The lowest BCUT2D eigenvalue weighted by Gasteiger charge is -2.21. The van der Waals surface area contributed by atoms with E-state index in [-0.39, 0.29) is 0 Å². The predicted octanol–water partition coefficient (Wildman–Crippen LogP) is 4.64. The van der Waals surface area contributed by atoms with E-state index in [1.165, 1.54) is 27.0 Å². The molecule has 4 rings (SSSR count). The first-order valence-corrected chi connectivity index (χ1v) is 7.06. The average molecular weight is 264 g/mol. The number of hydrogen-bond donors (Lipinski definition) is 1. The smallest absolute Gasteiger partial charge is 0.0948 e. The van der Waals surface area contributed by atoms with E-state index in [4.69, 9.17) is 0 Å². The standard InChI is InChI=1S/C16H12N2S/c1-10-4-6-12-13-7-5-11-3-2-8-17-15(11)16(13)18-19-14(12)9-10/h2-9,18H,1H3. The van der Waals surface area contributed by atoms with E-state index in [0.29, 0.717) is 0 Å². The van der Waals surface area contributed by atoms with Crippen molar-refractivity contribution in [2.75, 3.05) is 4.72 Å². The Morgan fingerprint density at radius 1 is 1.05 bits per heavy atom. The molecule has 1 aliphatic heterocycles. The zero-order chi connectivity index (χ0) is 12.8. The van der Waals surface area contributed by atoms with Crippen molar-refractivity contribution in [1.82, 2.24) is 4.98 Å². The van der Waals surface area contributed by atoms with Crippen molar-refractivity contribution in [2.24, 2.45) is 0 Å². The van der Waals surface area contributed by atoms with Gasteiger partial charge >= 0.3 is 0 Å². The zero-order valence-electron chi connectivity index (χ0n) is 10.5. The van der Waals surface area contributed by atoms with E-state index >= 15 is 0 Å². The molecule has 0 unspecified atom stereocenters. The monoisotopic (exact) mass is 264 g/mol. The van der Waals surface area contributed by atoms with Crippen LogP contribution in [0.5, 0.6) is 0 Å². The highest BCUT2D eigenvalue weighted by Crippen LogP contribution is 2.44. The van der Waals surface area contributed by atoms with Crippen LogP contribution in [-0.4, -0.2) is 4.98 Å². The molecule has 92 valence electrons. The summed E-state index contributed by atoms with van der Waals surface area (Å²) in [6.45, 7) is 2.12. The fourth-order valence-corrected chi connectivity index (χ4v) is 3.47. The van der Waals surface area contributed by atoms with Gasteiger partial charge in [0.15, 0.2) is 0 Å². The van der Waals surface area contributed by atoms with Crippen LogP contribution in [0.15, 0.2) is 53.6 Å². The summed E-state index contributed by atoms with van der Waals surface area (Å²) in [7, 11) is 0. The Kier molecular flexibility index (Phi) is 2.29. The third kappa shape index (κ3) is 1.62. The van der Waals surface area contributed by atoms with Crippen LogP contribution in [0.4, 0.5) is 5.69 Å². The summed E-state index contributed by atoms with van der Waals surface area (Å²) in [5, 5.41) is 1.17. The van der Waals surface area contributed by atoms with E-state index in [0.717, 1.165) is 11.2 Å². The number of aromatic nitrogens is 1. The van der Waals surface area contributed by atoms with Gasteiger partial charge < -0.3 is 4.72 Å². The van der Waals surface area contributed by atoms with Crippen molar-refractivity contribution in [3.8, 4) is 11.1 Å². The first-order chi connectivity index (χ1) is 9.33. The van der Waals surface area contributed by atoms with Gasteiger partial charge in [-0.1, -0.05) is 30.3 Å². The van der Waals surface area contributed by atoms with E-state index in [1.807, 2.05) is 12.3 Å². The molecule has 3 heteroatoms. The van der Waals surface area contributed by atoms with Crippen LogP contribution >= 0.6 is 11.9 Å². The van der Waals surface area contributed by atoms with Gasteiger partial charge in [-0.3, -0.25) is 4.98 Å². The molecule has 0 radical (unpaired) electrons. The molecule has 0 amide bonds. The number of hydrogen-bond acceptors (Lipinski definition) is 3. The summed E-state index contributed by atoms with van der Waals surface area (Å²) in [6.07, 6.45) is 1.85. The highest BCUT2D eigenvalue weighted by atomic mass is 32.2. The molecule has 0 atom stereocenters. The summed E-state index contributed by atoms with van der Waals surface area (Å²) in [4.78, 5) is 5.79. The van der Waals surface area contributed by atoms with Crippen molar-refractivity contribution < 1.29 is 0 Å². The number of nitrogens with one attached hydrogen (secondary N) is 1. The Morgan fingerprint density at radius 2 is 1.95 bits per heavy atom. The van der Waals surface area contributed by atoms with E-state index in [2.05, 4.69) is 53.0 Å². The summed E-state index contributed by atoms with van der Waals surface area (Å²) in [5.74, 6) is 0. The van der Waals surface area contributed by atoms with Crippen molar-refractivity contribution in [2.45, 2.75) is 11.8 Å². The Bertz CT molecular complexity index is 796. The van der Waals surface area contributed by atoms with Crippen LogP contribution in [0, 0.1) is 6.92 Å². The lowest BCUT2D eigenvalue weighted by atomic mass is 10.00. The number of aryl methyl sites for hydroxylation is 1. The first kappa shape index (κ1) is 10.9. The second-order valence-electron chi connectivity index (χ2n) is 4.77. The Balaban J connectivity index is 2.05. The maximum Gasteiger partial charge on any atom is 0.0948 e. The molecule has 1 N–H and O–H groups in total. The predicted molar refractivity (Wildman–Crippen MR) is 81.4 cm³/mol. The fourth-order valence-electron chi connectivity index (χ4n) is 2.52. The number of anilines is 1. The number of rotatable bonds is 0. The summed E-state index contributed by atoms with van der Waals surface area (Å²) < 4.78 is 3.44. The summed E-state index contributed by atoms with van der Waals surface area (Å²) in [6, 6.07) is 15.0. The molecule has 0 spiro atoms. The lowest BCUT2D eigenvalue weighted by Crippen LogP contribution is -2.00. The minimum Gasteiger partial charge on any atom is -0.323 e. The molecule has 2 nitrogen and oxygen atoms in total. The summed E-state index contributed by atoms with van der Waals surface area (Å²) in [5.41, 5.74) is 5.98. The fraction of sp³-hybridized carbons (Fsp3) is 0.0625. The van der Waals surface area contributed by atoms with Gasteiger partial charge in [0.05, 0.1) is 11.2 Å². The lowest BCUT2D eigenvalue weighted by molar-refractivity contribution is 1.34. The van der Waals surface area contributed by atoms with Gasteiger partial charge in [0, 0.05) is 22.0 Å². The number of nitrogens with zero attached hydrogens (tertiary/aromatic N) is 1. The van der Waals surface area contributed by atoms with Crippen molar-refractivity contribution >= 4 is 28.5 Å².